The predicted octanol–water partition coefficient (Wildman–Crippen LogP) is 4.12. The van der Waals surface area contributed by atoms with Gasteiger partial charge < -0.3 is 10.2 Å². The van der Waals surface area contributed by atoms with Crippen molar-refractivity contribution in [3.8, 4) is 0 Å². The molecule has 1 fully saturated rings. The van der Waals surface area contributed by atoms with Gasteiger partial charge in [0.1, 0.15) is 0 Å². The van der Waals surface area contributed by atoms with Crippen LogP contribution < -0.4 is 5.32 Å². The summed E-state index contributed by atoms with van der Waals surface area (Å²) in [7, 11) is 1.14. The van der Waals surface area contributed by atoms with E-state index in [2.05, 4.69) is 67.7 Å². The fourth-order valence-electron chi connectivity index (χ4n) is 4.83. The van der Waals surface area contributed by atoms with E-state index in [1.54, 1.807) is 0 Å². The van der Waals surface area contributed by atoms with Gasteiger partial charge in [0.15, 0.2) is 0 Å². The summed E-state index contributed by atoms with van der Waals surface area (Å²) in [5.74, 6) is 1.53. The second kappa shape index (κ2) is 8.54. The van der Waals surface area contributed by atoms with E-state index in [0.29, 0.717) is 24.1 Å². The van der Waals surface area contributed by atoms with Crippen LogP contribution in [0.4, 0.5) is 5.69 Å². The van der Waals surface area contributed by atoms with E-state index in [1.807, 2.05) is 11.9 Å². The Morgan fingerprint density at radius 2 is 1.77 bits per heavy atom. The maximum absolute atomic E-state index is 12.7. The van der Waals surface area contributed by atoms with Gasteiger partial charge in [0.25, 0.3) is 0 Å². The molecule has 1 N–H and O–H groups in total. The van der Waals surface area contributed by atoms with Gasteiger partial charge >= 0.3 is 0 Å². The Balaban J connectivity index is 1.35. The zero-order chi connectivity index (χ0) is 21.3. The lowest BCUT2D eigenvalue weighted by Gasteiger charge is -2.30. The van der Waals surface area contributed by atoms with Crippen LogP contribution in [0.2, 0.25) is 0 Å². The average molecular weight is 425 g/mol. The molecule has 0 radical (unpaired) electrons. The lowest BCUT2D eigenvalue weighted by Crippen LogP contribution is -2.36. The van der Waals surface area contributed by atoms with Crippen LogP contribution in [0.25, 0.3) is 0 Å². The largest absolute Gasteiger partial charge is 0.381 e. The highest BCUT2D eigenvalue weighted by Crippen LogP contribution is 2.39. The first-order chi connectivity index (χ1) is 14.3. The summed E-state index contributed by atoms with van der Waals surface area (Å²) in [4.78, 5) is 14.5. The zero-order valence-corrected chi connectivity index (χ0v) is 19.0. The van der Waals surface area contributed by atoms with Crippen LogP contribution in [0.15, 0.2) is 48.5 Å². The molecule has 160 valence electrons. The van der Waals surface area contributed by atoms with Gasteiger partial charge in [-0.05, 0) is 48.1 Å². The van der Waals surface area contributed by atoms with Gasteiger partial charge in [-0.1, -0.05) is 50.2 Å². The van der Waals surface area contributed by atoms with Gasteiger partial charge in [-0.3, -0.25) is 9.00 Å². The van der Waals surface area contributed by atoms with Gasteiger partial charge in [0.05, 0.1) is 0 Å². The maximum atomic E-state index is 12.7. The molecule has 0 saturated carbocycles. The van der Waals surface area contributed by atoms with E-state index in [-0.39, 0.29) is 17.2 Å². The first-order valence-electron chi connectivity index (χ1n) is 10.9. The summed E-state index contributed by atoms with van der Waals surface area (Å²) < 4.78 is 11.5. The highest BCUT2D eigenvalue weighted by atomic mass is 32.2. The van der Waals surface area contributed by atoms with Crippen LogP contribution in [0, 0.1) is 5.92 Å². The normalized spacial score (nSPS) is 24.8. The molecule has 1 heterocycles. The van der Waals surface area contributed by atoms with Crippen LogP contribution in [-0.2, 0) is 34.0 Å². The minimum atomic E-state index is -0.730. The van der Waals surface area contributed by atoms with Crippen LogP contribution in [-0.4, -0.2) is 39.6 Å². The van der Waals surface area contributed by atoms with E-state index in [0.717, 1.165) is 30.5 Å². The molecule has 2 aliphatic rings. The third kappa shape index (κ3) is 4.31. The van der Waals surface area contributed by atoms with Gasteiger partial charge in [0, 0.05) is 59.0 Å². The van der Waals surface area contributed by atoms with Gasteiger partial charge in [-0.25, -0.2) is 0 Å². The molecule has 0 spiro atoms. The number of rotatable bonds is 5. The number of carbonyl (C=O) groups is 1. The van der Waals surface area contributed by atoms with Crippen molar-refractivity contribution in [2.75, 3.05) is 23.9 Å². The molecule has 1 aliphatic carbocycles. The Kier molecular flexibility index (Phi) is 6.01. The molecule has 2 aromatic rings. The molecule has 1 amide bonds. The fourth-order valence-corrected chi connectivity index (χ4v) is 6.13. The summed E-state index contributed by atoms with van der Waals surface area (Å²) in [6, 6.07) is 17.6. The molecular formula is C25H32N2O2S. The quantitative estimate of drug-likeness (QED) is 0.786. The molecule has 1 aliphatic heterocycles. The highest BCUT2D eigenvalue weighted by Gasteiger charge is 2.39. The summed E-state index contributed by atoms with van der Waals surface area (Å²) in [6.07, 6.45) is 2.53. The van der Waals surface area contributed by atoms with E-state index >= 15 is 0 Å². The molecule has 5 heteroatoms. The molecular weight excluding hydrogens is 392 g/mol. The Morgan fingerprint density at radius 3 is 2.43 bits per heavy atom. The third-order valence-corrected chi connectivity index (χ3v) is 8.22. The number of nitrogens with zero attached hydrogens (tertiary/aromatic N) is 1. The minimum absolute atomic E-state index is 0.0277. The van der Waals surface area contributed by atoms with E-state index in [4.69, 9.17) is 0 Å². The van der Waals surface area contributed by atoms with Gasteiger partial charge in [0.2, 0.25) is 5.91 Å². The standard InChI is InChI=1S/C25H32N2O2S/c1-25(2)22-7-5-4-6-20(22)16-23(25)26-21-10-8-18(9-11-21)17-27(3)24(28)19-12-14-30(29)15-13-19/h4-11,19,23,26H,12-17H2,1-3H3. The van der Waals surface area contributed by atoms with Crippen molar-refractivity contribution >= 4 is 22.4 Å². The van der Waals surface area contributed by atoms with Crippen molar-refractivity contribution in [1.82, 2.24) is 4.90 Å². The van der Waals surface area contributed by atoms with E-state index in [9.17, 15) is 9.00 Å². The number of benzene rings is 2. The van der Waals surface area contributed by atoms with Crippen molar-refractivity contribution in [3.05, 3.63) is 65.2 Å². The fraction of sp³-hybridized carbons (Fsp3) is 0.480. The number of amides is 1. The SMILES string of the molecule is CN(Cc1ccc(NC2Cc3ccccc3C2(C)C)cc1)C(=O)C1CCS(=O)CC1. The minimum Gasteiger partial charge on any atom is -0.381 e. The van der Waals surface area contributed by atoms with Crippen LogP contribution in [0.3, 0.4) is 0 Å². The topological polar surface area (TPSA) is 49.4 Å². The summed E-state index contributed by atoms with van der Waals surface area (Å²) in [6.45, 7) is 5.23. The number of anilines is 1. The number of hydrogen-bond acceptors (Lipinski definition) is 3. The van der Waals surface area contributed by atoms with Crippen LogP contribution in [0.5, 0.6) is 0 Å². The molecule has 1 atom stereocenters. The molecule has 4 rings (SSSR count). The number of fused-ring (bicyclic) bond motifs is 1. The zero-order valence-electron chi connectivity index (χ0n) is 18.2. The average Bonchev–Trinajstić information content (AvgIpc) is 2.99. The smallest absolute Gasteiger partial charge is 0.225 e. The lowest BCUT2D eigenvalue weighted by molar-refractivity contribution is -0.135. The Bertz CT molecular complexity index is 928. The lowest BCUT2D eigenvalue weighted by atomic mass is 9.83. The van der Waals surface area contributed by atoms with Crippen molar-refractivity contribution < 1.29 is 9.00 Å². The molecule has 0 aromatic heterocycles. The van der Waals surface area contributed by atoms with Crippen molar-refractivity contribution in [2.45, 2.75) is 51.1 Å². The monoisotopic (exact) mass is 424 g/mol. The van der Waals surface area contributed by atoms with E-state index in [1.165, 1.54) is 11.1 Å². The Hall–Kier alpha value is -2.14. The number of carbonyl (C=O) groups excluding carboxylic acids is 1. The van der Waals surface area contributed by atoms with Crippen molar-refractivity contribution in [2.24, 2.45) is 5.92 Å². The van der Waals surface area contributed by atoms with Crippen LogP contribution >= 0.6 is 0 Å². The predicted molar refractivity (Wildman–Crippen MR) is 124 cm³/mol. The van der Waals surface area contributed by atoms with Gasteiger partial charge in [-0.2, -0.15) is 0 Å². The third-order valence-electron chi connectivity index (χ3n) is 6.83. The Morgan fingerprint density at radius 1 is 1.10 bits per heavy atom. The highest BCUT2D eigenvalue weighted by molar-refractivity contribution is 7.85. The van der Waals surface area contributed by atoms with E-state index < -0.39 is 10.8 Å². The van der Waals surface area contributed by atoms with Crippen molar-refractivity contribution in [3.63, 3.8) is 0 Å². The molecule has 1 saturated heterocycles. The first kappa shape index (κ1) is 21.1. The summed E-state index contributed by atoms with van der Waals surface area (Å²) >= 11 is 0. The first-order valence-corrected chi connectivity index (χ1v) is 12.4. The molecule has 0 bridgehead atoms. The molecule has 2 aromatic carbocycles. The number of nitrogens with one attached hydrogen (secondary N) is 1. The second-order valence-corrected chi connectivity index (χ2v) is 11.0. The summed E-state index contributed by atoms with van der Waals surface area (Å²) in [5.41, 5.74) is 5.21. The second-order valence-electron chi connectivity index (χ2n) is 9.29. The molecule has 30 heavy (non-hydrogen) atoms. The van der Waals surface area contributed by atoms with Crippen LogP contribution in [0.1, 0.15) is 43.4 Å². The molecule has 4 nitrogen and oxygen atoms in total. The molecule has 1 unspecified atom stereocenters. The van der Waals surface area contributed by atoms with Gasteiger partial charge in [-0.15, -0.1) is 0 Å². The number of hydrogen-bond donors (Lipinski definition) is 1. The summed E-state index contributed by atoms with van der Waals surface area (Å²) in [5, 5.41) is 3.73. The Labute approximate surface area is 182 Å². The maximum Gasteiger partial charge on any atom is 0.225 e. The van der Waals surface area contributed by atoms with Crippen molar-refractivity contribution in [1.29, 1.82) is 0 Å².